The molecule has 8 heteroatoms. The Morgan fingerprint density at radius 3 is 1.98 bits per heavy atom. The molecule has 0 radical (unpaired) electrons. The summed E-state index contributed by atoms with van der Waals surface area (Å²) in [6.45, 7) is 1.49. The number of anilines is 2. The number of hydrogen-bond donors (Lipinski definition) is 1. The van der Waals surface area contributed by atoms with Crippen molar-refractivity contribution in [1.82, 2.24) is 0 Å². The summed E-state index contributed by atoms with van der Waals surface area (Å²) in [5.41, 5.74) is 2.99. The van der Waals surface area contributed by atoms with Crippen LogP contribution in [0.1, 0.15) is 11.1 Å². The highest BCUT2D eigenvalue weighted by molar-refractivity contribution is 7.98. The van der Waals surface area contributed by atoms with E-state index in [4.69, 9.17) is 4.74 Å². The van der Waals surface area contributed by atoms with Gasteiger partial charge in [-0.3, -0.25) is 9.10 Å². The minimum atomic E-state index is -4.04. The highest BCUT2D eigenvalue weighted by Crippen LogP contribution is 2.29. The molecule has 5 rings (SSSR count). The predicted molar refractivity (Wildman–Crippen MR) is 170 cm³/mol. The minimum absolute atomic E-state index is 0.103. The molecule has 0 atom stereocenters. The molecule has 1 amide bonds. The van der Waals surface area contributed by atoms with Gasteiger partial charge in [0.15, 0.2) is 0 Å². The van der Waals surface area contributed by atoms with Gasteiger partial charge in [-0.05, 0) is 85.3 Å². The molecule has 212 valence electrons. The standard InChI is InChI=1S/C34H30N2O4S2/c1-26-12-22-33(23-13-26)42(38,39)36(29-18-20-31(21-19-29)40-30-8-4-2-5-9-30)24-34(37)35-28-16-14-27(15-17-28)25-41-32-10-6-3-7-11-32/h2-23H,24-25H2,1H3,(H,35,37). The average Bonchev–Trinajstić information content (AvgIpc) is 3.01. The molecule has 0 saturated heterocycles. The Morgan fingerprint density at radius 2 is 1.33 bits per heavy atom. The van der Waals surface area contributed by atoms with E-state index in [0.717, 1.165) is 21.2 Å². The van der Waals surface area contributed by atoms with E-state index >= 15 is 0 Å². The molecular weight excluding hydrogens is 565 g/mol. The van der Waals surface area contributed by atoms with Gasteiger partial charge >= 0.3 is 0 Å². The smallest absolute Gasteiger partial charge is 0.264 e. The van der Waals surface area contributed by atoms with Crippen molar-refractivity contribution in [3.05, 3.63) is 145 Å². The van der Waals surface area contributed by atoms with Gasteiger partial charge in [-0.2, -0.15) is 0 Å². The Hall–Kier alpha value is -4.53. The summed E-state index contributed by atoms with van der Waals surface area (Å²) in [5.74, 6) is 1.55. The molecule has 0 aromatic heterocycles. The van der Waals surface area contributed by atoms with Crippen LogP contribution in [0.5, 0.6) is 11.5 Å². The normalized spacial score (nSPS) is 11.1. The van der Waals surface area contributed by atoms with E-state index in [1.165, 1.54) is 4.90 Å². The topological polar surface area (TPSA) is 75.7 Å². The van der Waals surface area contributed by atoms with E-state index in [1.54, 1.807) is 60.3 Å². The maximum absolute atomic E-state index is 13.8. The molecule has 42 heavy (non-hydrogen) atoms. The first kappa shape index (κ1) is 29.0. The monoisotopic (exact) mass is 594 g/mol. The SMILES string of the molecule is Cc1ccc(S(=O)(=O)N(CC(=O)Nc2ccc(CSc3ccccc3)cc2)c2ccc(Oc3ccccc3)cc2)cc1. The molecule has 0 saturated carbocycles. The molecular formula is C34H30N2O4S2. The van der Waals surface area contributed by atoms with Crippen molar-refractivity contribution in [1.29, 1.82) is 0 Å². The fourth-order valence-electron chi connectivity index (χ4n) is 4.16. The number of nitrogens with zero attached hydrogens (tertiary/aromatic N) is 1. The number of thioether (sulfide) groups is 1. The van der Waals surface area contributed by atoms with Crippen LogP contribution in [0.3, 0.4) is 0 Å². The van der Waals surface area contributed by atoms with E-state index in [2.05, 4.69) is 17.4 Å². The first-order chi connectivity index (χ1) is 20.4. The van der Waals surface area contributed by atoms with Gasteiger partial charge in [0.05, 0.1) is 10.6 Å². The number of para-hydroxylation sites is 1. The Kier molecular flexibility index (Phi) is 9.26. The van der Waals surface area contributed by atoms with Crippen LogP contribution in [0.25, 0.3) is 0 Å². The second-order valence-corrected chi connectivity index (χ2v) is 12.5. The second kappa shape index (κ2) is 13.4. The zero-order valence-corrected chi connectivity index (χ0v) is 24.6. The number of aryl methyl sites for hydroxylation is 1. The summed E-state index contributed by atoms with van der Waals surface area (Å²) in [5, 5.41) is 2.84. The Balaban J connectivity index is 1.31. The van der Waals surface area contributed by atoms with E-state index < -0.39 is 22.5 Å². The number of benzene rings is 5. The maximum Gasteiger partial charge on any atom is 0.264 e. The number of sulfonamides is 1. The molecule has 0 aliphatic rings. The third kappa shape index (κ3) is 7.60. The Bertz CT molecular complexity index is 1710. The second-order valence-electron chi connectivity index (χ2n) is 9.58. The molecule has 1 N–H and O–H groups in total. The molecule has 0 fully saturated rings. The van der Waals surface area contributed by atoms with Gasteiger partial charge in [0.2, 0.25) is 5.91 Å². The fourth-order valence-corrected chi connectivity index (χ4v) is 6.45. The van der Waals surface area contributed by atoms with Crippen LogP contribution < -0.4 is 14.4 Å². The first-order valence-corrected chi connectivity index (χ1v) is 15.8. The van der Waals surface area contributed by atoms with E-state index in [1.807, 2.05) is 79.7 Å². The quantitative estimate of drug-likeness (QED) is 0.157. The lowest BCUT2D eigenvalue weighted by atomic mass is 10.2. The molecule has 5 aromatic rings. The zero-order valence-electron chi connectivity index (χ0n) is 23.0. The van der Waals surface area contributed by atoms with Gasteiger partial charge in [-0.15, -0.1) is 11.8 Å². The van der Waals surface area contributed by atoms with Gasteiger partial charge in [0, 0.05) is 16.3 Å². The number of ether oxygens (including phenoxy) is 1. The van der Waals surface area contributed by atoms with Crippen LogP contribution in [-0.2, 0) is 20.6 Å². The number of amides is 1. The predicted octanol–water partition coefficient (Wildman–Crippen LogP) is 7.91. The number of hydrogen-bond acceptors (Lipinski definition) is 5. The van der Waals surface area contributed by atoms with Crippen molar-refractivity contribution >= 4 is 39.1 Å². The van der Waals surface area contributed by atoms with E-state index in [9.17, 15) is 13.2 Å². The highest BCUT2D eigenvalue weighted by Gasteiger charge is 2.27. The summed E-state index contributed by atoms with van der Waals surface area (Å²) in [6, 6.07) is 40.2. The number of carbonyl (C=O) groups is 1. The molecule has 0 heterocycles. The largest absolute Gasteiger partial charge is 0.457 e. The summed E-state index contributed by atoms with van der Waals surface area (Å²) in [4.78, 5) is 14.5. The fraction of sp³-hybridized carbons (Fsp3) is 0.0882. The lowest BCUT2D eigenvalue weighted by molar-refractivity contribution is -0.114. The van der Waals surface area contributed by atoms with Crippen molar-refractivity contribution in [3.8, 4) is 11.5 Å². The third-order valence-electron chi connectivity index (χ3n) is 6.39. The van der Waals surface area contributed by atoms with Crippen LogP contribution in [-0.4, -0.2) is 20.9 Å². The van der Waals surface area contributed by atoms with Crippen LogP contribution >= 0.6 is 11.8 Å². The molecule has 5 aromatic carbocycles. The van der Waals surface area contributed by atoms with Crippen LogP contribution in [0.4, 0.5) is 11.4 Å². The third-order valence-corrected chi connectivity index (χ3v) is 9.26. The van der Waals surface area contributed by atoms with Crippen LogP contribution in [0, 0.1) is 6.92 Å². The van der Waals surface area contributed by atoms with Gasteiger partial charge in [0.25, 0.3) is 10.0 Å². The molecule has 0 spiro atoms. The summed E-state index contributed by atoms with van der Waals surface area (Å²) in [7, 11) is -4.04. The summed E-state index contributed by atoms with van der Waals surface area (Å²) < 4.78 is 34.5. The molecule has 0 unspecified atom stereocenters. The van der Waals surface area contributed by atoms with Crippen molar-refractivity contribution in [2.24, 2.45) is 0 Å². The lowest BCUT2D eigenvalue weighted by Gasteiger charge is -2.24. The van der Waals surface area contributed by atoms with Gasteiger partial charge < -0.3 is 10.1 Å². The Morgan fingerprint density at radius 1 is 0.738 bits per heavy atom. The molecule has 6 nitrogen and oxygen atoms in total. The first-order valence-electron chi connectivity index (χ1n) is 13.4. The van der Waals surface area contributed by atoms with Gasteiger partial charge in [0.1, 0.15) is 18.0 Å². The summed E-state index contributed by atoms with van der Waals surface area (Å²) in [6.07, 6.45) is 0. The van der Waals surface area contributed by atoms with Crippen molar-refractivity contribution < 1.29 is 17.9 Å². The highest BCUT2D eigenvalue weighted by atomic mass is 32.2. The minimum Gasteiger partial charge on any atom is -0.457 e. The van der Waals surface area contributed by atoms with E-state index in [-0.39, 0.29) is 4.90 Å². The molecule has 0 aliphatic heterocycles. The number of carbonyl (C=O) groups excluding carboxylic acids is 1. The Labute approximate surface area is 251 Å². The lowest BCUT2D eigenvalue weighted by Crippen LogP contribution is -2.38. The van der Waals surface area contributed by atoms with E-state index in [0.29, 0.717) is 22.9 Å². The maximum atomic E-state index is 13.8. The molecule has 0 bridgehead atoms. The summed E-state index contributed by atoms with van der Waals surface area (Å²) >= 11 is 1.73. The van der Waals surface area contributed by atoms with Crippen LogP contribution in [0.2, 0.25) is 0 Å². The van der Waals surface area contributed by atoms with Crippen molar-refractivity contribution in [2.75, 3.05) is 16.2 Å². The van der Waals surface area contributed by atoms with Gasteiger partial charge in [-0.1, -0.05) is 66.2 Å². The zero-order chi connectivity index (χ0) is 29.4. The molecule has 0 aliphatic carbocycles. The van der Waals surface area contributed by atoms with Gasteiger partial charge in [-0.25, -0.2) is 8.42 Å². The number of nitrogens with one attached hydrogen (secondary N) is 1. The average molecular weight is 595 g/mol. The van der Waals surface area contributed by atoms with Crippen molar-refractivity contribution in [3.63, 3.8) is 0 Å². The van der Waals surface area contributed by atoms with Crippen LogP contribution in [0.15, 0.2) is 143 Å². The van der Waals surface area contributed by atoms with Crippen molar-refractivity contribution in [2.45, 2.75) is 22.5 Å². The number of rotatable bonds is 11.